The number of aromatic nitrogens is 2. The lowest BCUT2D eigenvalue weighted by molar-refractivity contribution is 0.665. The average Bonchev–Trinajstić information content (AvgIpc) is 2.42. The Balaban J connectivity index is 2.27. The minimum atomic E-state index is 0.819. The van der Waals surface area contributed by atoms with E-state index in [1.807, 2.05) is 0 Å². The van der Waals surface area contributed by atoms with E-state index in [0.29, 0.717) is 0 Å². The SMILES string of the molecule is CCCNCc1c(C)nc(-c2ccc(C)cc2)nc1C. The Hall–Kier alpha value is -1.74. The summed E-state index contributed by atoms with van der Waals surface area (Å²) in [7, 11) is 0. The number of aryl methyl sites for hydroxylation is 3. The summed E-state index contributed by atoms with van der Waals surface area (Å²) < 4.78 is 0. The van der Waals surface area contributed by atoms with Gasteiger partial charge in [-0.25, -0.2) is 9.97 Å². The van der Waals surface area contributed by atoms with Crippen LogP contribution in [0, 0.1) is 20.8 Å². The van der Waals surface area contributed by atoms with E-state index in [-0.39, 0.29) is 0 Å². The van der Waals surface area contributed by atoms with Gasteiger partial charge in [0.15, 0.2) is 5.82 Å². The zero-order valence-corrected chi connectivity index (χ0v) is 12.8. The molecule has 0 bridgehead atoms. The molecular weight excluding hydrogens is 246 g/mol. The minimum Gasteiger partial charge on any atom is -0.313 e. The van der Waals surface area contributed by atoms with E-state index in [0.717, 1.165) is 42.3 Å². The molecule has 0 atom stereocenters. The summed E-state index contributed by atoms with van der Waals surface area (Å²) in [6.45, 7) is 10.3. The first-order chi connectivity index (χ1) is 9.61. The summed E-state index contributed by atoms with van der Waals surface area (Å²) in [6, 6.07) is 8.36. The van der Waals surface area contributed by atoms with Gasteiger partial charge in [0, 0.05) is 29.1 Å². The molecule has 0 spiro atoms. The van der Waals surface area contributed by atoms with Crippen molar-refractivity contribution in [2.24, 2.45) is 0 Å². The summed E-state index contributed by atoms with van der Waals surface area (Å²) >= 11 is 0. The average molecular weight is 269 g/mol. The molecule has 0 aliphatic rings. The molecule has 106 valence electrons. The second-order valence-electron chi connectivity index (χ2n) is 5.24. The molecule has 1 aromatic carbocycles. The fourth-order valence-corrected chi connectivity index (χ4v) is 2.22. The van der Waals surface area contributed by atoms with Crippen LogP contribution in [0.4, 0.5) is 0 Å². The molecule has 0 fully saturated rings. The first kappa shape index (κ1) is 14.7. The molecule has 0 unspecified atom stereocenters. The van der Waals surface area contributed by atoms with Crippen molar-refractivity contribution in [3.8, 4) is 11.4 Å². The van der Waals surface area contributed by atoms with E-state index < -0.39 is 0 Å². The second-order valence-corrected chi connectivity index (χ2v) is 5.24. The van der Waals surface area contributed by atoms with Crippen molar-refractivity contribution in [2.75, 3.05) is 6.54 Å². The molecule has 2 aromatic rings. The molecule has 0 aliphatic heterocycles. The van der Waals surface area contributed by atoms with Gasteiger partial charge in [-0.1, -0.05) is 36.8 Å². The minimum absolute atomic E-state index is 0.819. The number of rotatable bonds is 5. The maximum atomic E-state index is 4.66. The van der Waals surface area contributed by atoms with Gasteiger partial charge in [0.05, 0.1) is 0 Å². The Morgan fingerprint density at radius 3 is 2.10 bits per heavy atom. The van der Waals surface area contributed by atoms with E-state index in [1.165, 1.54) is 11.1 Å². The second kappa shape index (κ2) is 6.62. The standard InChI is InChI=1S/C17H23N3/c1-5-10-18-11-16-13(3)19-17(20-14(16)4)15-8-6-12(2)7-9-15/h6-9,18H,5,10-11H2,1-4H3. The van der Waals surface area contributed by atoms with Gasteiger partial charge in [-0.05, 0) is 33.7 Å². The van der Waals surface area contributed by atoms with Gasteiger partial charge in [-0.2, -0.15) is 0 Å². The molecular formula is C17H23N3. The van der Waals surface area contributed by atoms with Crippen molar-refractivity contribution in [1.82, 2.24) is 15.3 Å². The van der Waals surface area contributed by atoms with Gasteiger partial charge >= 0.3 is 0 Å². The van der Waals surface area contributed by atoms with Gasteiger partial charge in [-0.15, -0.1) is 0 Å². The third kappa shape index (κ3) is 3.42. The van der Waals surface area contributed by atoms with E-state index in [2.05, 4.69) is 67.2 Å². The van der Waals surface area contributed by atoms with Crippen molar-refractivity contribution in [2.45, 2.75) is 40.7 Å². The molecule has 0 radical (unpaired) electrons. The zero-order chi connectivity index (χ0) is 14.5. The molecule has 1 aromatic heterocycles. The van der Waals surface area contributed by atoms with Crippen molar-refractivity contribution < 1.29 is 0 Å². The van der Waals surface area contributed by atoms with Crippen molar-refractivity contribution in [1.29, 1.82) is 0 Å². The molecule has 3 heteroatoms. The number of benzene rings is 1. The lowest BCUT2D eigenvalue weighted by Crippen LogP contribution is -2.17. The van der Waals surface area contributed by atoms with Crippen LogP contribution in [-0.2, 0) is 6.54 Å². The van der Waals surface area contributed by atoms with Crippen LogP contribution < -0.4 is 5.32 Å². The normalized spacial score (nSPS) is 10.8. The van der Waals surface area contributed by atoms with Crippen LogP contribution in [0.25, 0.3) is 11.4 Å². The van der Waals surface area contributed by atoms with Crippen LogP contribution in [0.15, 0.2) is 24.3 Å². The van der Waals surface area contributed by atoms with Crippen molar-refractivity contribution in [3.05, 3.63) is 46.8 Å². The van der Waals surface area contributed by atoms with E-state index in [9.17, 15) is 0 Å². The molecule has 1 heterocycles. The third-order valence-corrected chi connectivity index (χ3v) is 3.46. The molecule has 2 rings (SSSR count). The van der Waals surface area contributed by atoms with Crippen LogP contribution >= 0.6 is 0 Å². The number of nitrogens with zero attached hydrogens (tertiary/aromatic N) is 2. The number of hydrogen-bond acceptors (Lipinski definition) is 3. The van der Waals surface area contributed by atoms with Crippen LogP contribution in [0.3, 0.4) is 0 Å². The molecule has 0 saturated heterocycles. The Kier molecular flexibility index (Phi) is 4.85. The number of nitrogens with one attached hydrogen (secondary N) is 1. The smallest absolute Gasteiger partial charge is 0.159 e. The first-order valence-electron chi connectivity index (χ1n) is 7.23. The van der Waals surface area contributed by atoms with Gasteiger partial charge in [0.2, 0.25) is 0 Å². The molecule has 20 heavy (non-hydrogen) atoms. The molecule has 0 amide bonds. The highest BCUT2D eigenvalue weighted by Crippen LogP contribution is 2.19. The first-order valence-corrected chi connectivity index (χ1v) is 7.23. The van der Waals surface area contributed by atoms with E-state index >= 15 is 0 Å². The highest BCUT2D eigenvalue weighted by Gasteiger charge is 2.09. The van der Waals surface area contributed by atoms with E-state index in [4.69, 9.17) is 0 Å². The third-order valence-electron chi connectivity index (χ3n) is 3.46. The monoisotopic (exact) mass is 269 g/mol. The fraction of sp³-hybridized carbons (Fsp3) is 0.412. The van der Waals surface area contributed by atoms with E-state index in [1.54, 1.807) is 0 Å². The molecule has 3 nitrogen and oxygen atoms in total. The Labute approximate surface area is 121 Å². The predicted molar refractivity (Wildman–Crippen MR) is 83.7 cm³/mol. The fourth-order valence-electron chi connectivity index (χ4n) is 2.22. The molecule has 1 N–H and O–H groups in total. The van der Waals surface area contributed by atoms with Crippen molar-refractivity contribution in [3.63, 3.8) is 0 Å². The highest BCUT2D eigenvalue weighted by molar-refractivity contribution is 5.56. The van der Waals surface area contributed by atoms with Crippen LogP contribution in [0.2, 0.25) is 0 Å². The summed E-state index contributed by atoms with van der Waals surface area (Å²) in [4.78, 5) is 9.32. The molecule has 0 saturated carbocycles. The maximum Gasteiger partial charge on any atom is 0.159 e. The Morgan fingerprint density at radius 1 is 0.950 bits per heavy atom. The maximum absolute atomic E-state index is 4.66. The van der Waals surface area contributed by atoms with Crippen LogP contribution in [0.1, 0.15) is 35.9 Å². The predicted octanol–water partition coefficient (Wildman–Crippen LogP) is 3.57. The Bertz CT molecular complexity index is 550. The highest BCUT2D eigenvalue weighted by atomic mass is 14.9. The summed E-state index contributed by atoms with van der Waals surface area (Å²) in [5.41, 5.74) is 5.68. The topological polar surface area (TPSA) is 37.8 Å². The quantitative estimate of drug-likeness (QED) is 0.843. The zero-order valence-electron chi connectivity index (χ0n) is 12.8. The van der Waals surface area contributed by atoms with Crippen molar-refractivity contribution >= 4 is 0 Å². The lowest BCUT2D eigenvalue weighted by atomic mass is 10.1. The summed E-state index contributed by atoms with van der Waals surface area (Å²) in [5.74, 6) is 0.819. The van der Waals surface area contributed by atoms with Crippen LogP contribution in [-0.4, -0.2) is 16.5 Å². The number of hydrogen-bond donors (Lipinski definition) is 1. The molecule has 0 aliphatic carbocycles. The van der Waals surface area contributed by atoms with Crippen LogP contribution in [0.5, 0.6) is 0 Å². The van der Waals surface area contributed by atoms with Gasteiger partial charge in [0.1, 0.15) is 0 Å². The largest absolute Gasteiger partial charge is 0.313 e. The summed E-state index contributed by atoms with van der Waals surface area (Å²) in [5, 5.41) is 3.42. The Morgan fingerprint density at radius 2 is 1.55 bits per heavy atom. The van der Waals surface area contributed by atoms with Gasteiger partial charge in [-0.3, -0.25) is 0 Å². The summed E-state index contributed by atoms with van der Waals surface area (Å²) in [6.07, 6.45) is 1.14. The van der Waals surface area contributed by atoms with Gasteiger partial charge < -0.3 is 5.32 Å². The van der Waals surface area contributed by atoms with Gasteiger partial charge in [0.25, 0.3) is 0 Å². The lowest BCUT2D eigenvalue weighted by Gasteiger charge is -2.11.